The topological polar surface area (TPSA) is 65.5 Å². The first-order chi connectivity index (χ1) is 15.3. The quantitative estimate of drug-likeness (QED) is 0.491. The molecule has 0 aliphatic carbocycles. The van der Waals surface area contributed by atoms with Crippen LogP contribution in [0.3, 0.4) is 0 Å². The number of benzene rings is 2. The Kier molecular flexibility index (Phi) is 6.73. The van der Waals surface area contributed by atoms with Crippen molar-refractivity contribution in [3.05, 3.63) is 59.2 Å². The minimum absolute atomic E-state index is 0.0428. The van der Waals surface area contributed by atoms with Crippen LogP contribution in [0, 0.1) is 0 Å². The largest absolute Gasteiger partial charge is 0.507 e. The molecule has 2 N–H and O–H groups in total. The smallest absolute Gasteiger partial charge is 0.224 e. The Morgan fingerprint density at radius 2 is 1.55 bits per heavy atom. The molecule has 0 radical (unpaired) electrons. The van der Waals surface area contributed by atoms with Gasteiger partial charge in [-0.3, -0.25) is 4.79 Å². The number of carbonyl (C=O) groups excluding carboxylic acids is 1. The van der Waals surface area contributed by atoms with Gasteiger partial charge in [0, 0.05) is 32.0 Å². The Morgan fingerprint density at radius 1 is 0.970 bits per heavy atom. The molecular formula is C28H37N3O2. The number of aromatic nitrogens is 1. The summed E-state index contributed by atoms with van der Waals surface area (Å²) in [6, 6.07) is 13.8. The number of hydrogen-bond acceptors (Lipinski definition) is 4. The number of fused-ring (bicyclic) bond motifs is 1. The van der Waals surface area contributed by atoms with Gasteiger partial charge in [0.25, 0.3) is 0 Å². The van der Waals surface area contributed by atoms with E-state index in [9.17, 15) is 9.90 Å². The fourth-order valence-corrected chi connectivity index (χ4v) is 3.95. The van der Waals surface area contributed by atoms with Crippen LogP contribution in [0.1, 0.15) is 64.7 Å². The Labute approximate surface area is 197 Å². The Bertz CT molecular complexity index is 1130. The molecule has 0 saturated heterocycles. The van der Waals surface area contributed by atoms with E-state index < -0.39 is 0 Å². The maximum absolute atomic E-state index is 12.9. The number of carbonyl (C=O) groups is 1. The van der Waals surface area contributed by atoms with Crippen LogP contribution in [-0.2, 0) is 22.0 Å². The Morgan fingerprint density at radius 3 is 2.09 bits per heavy atom. The first-order valence-electron chi connectivity index (χ1n) is 11.5. The average Bonchev–Trinajstić information content (AvgIpc) is 2.71. The third-order valence-electron chi connectivity index (χ3n) is 5.86. The molecule has 1 aromatic heterocycles. The number of pyridine rings is 1. The lowest BCUT2D eigenvalue weighted by molar-refractivity contribution is -0.116. The summed E-state index contributed by atoms with van der Waals surface area (Å²) in [7, 11) is 3.88. The van der Waals surface area contributed by atoms with Crippen molar-refractivity contribution in [1.82, 2.24) is 4.98 Å². The second-order valence-corrected chi connectivity index (χ2v) is 11.0. The Balaban J connectivity index is 1.86. The molecule has 1 amide bonds. The highest BCUT2D eigenvalue weighted by Gasteiger charge is 2.26. The molecule has 0 bridgehead atoms. The maximum Gasteiger partial charge on any atom is 0.224 e. The lowest BCUT2D eigenvalue weighted by Gasteiger charge is -2.28. The van der Waals surface area contributed by atoms with Gasteiger partial charge in [-0.15, -0.1) is 0 Å². The van der Waals surface area contributed by atoms with Crippen LogP contribution in [-0.4, -0.2) is 30.1 Å². The molecular weight excluding hydrogens is 410 g/mol. The van der Waals surface area contributed by atoms with Crippen molar-refractivity contribution in [2.24, 2.45) is 0 Å². The highest BCUT2D eigenvalue weighted by Crippen LogP contribution is 2.40. The molecule has 1 heterocycles. The van der Waals surface area contributed by atoms with Crippen molar-refractivity contribution in [2.45, 2.75) is 65.2 Å². The highest BCUT2D eigenvalue weighted by molar-refractivity contribution is 6.02. The van der Waals surface area contributed by atoms with Gasteiger partial charge in [-0.05, 0) is 40.0 Å². The van der Waals surface area contributed by atoms with Gasteiger partial charge in [0.15, 0.2) is 0 Å². The fourth-order valence-electron chi connectivity index (χ4n) is 3.95. The van der Waals surface area contributed by atoms with E-state index in [2.05, 4.69) is 51.8 Å². The molecule has 3 rings (SSSR count). The predicted octanol–water partition coefficient (Wildman–Crippen LogP) is 6.17. The number of aromatic hydroxyl groups is 1. The number of anilines is 2. The lowest BCUT2D eigenvalue weighted by Crippen LogP contribution is -2.18. The van der Waals surface area contributed by atoms with Gasteiger partial charge in [0.1, 0.15) is 11.6 Å². The number of para-hydroxylation sites is 1. The van der Waals surface area contributed by atoms with Crippen molar-refractivity contribution in [3.63, 3.8) is 0 Å². The summed E-state index contributed by atoms with van der Waals surface area (Å²) in [5.74, 6) is 1.12. The molecule has 0 saturated carbocycles. The third-order valence-corrected chi connectivity index (χ3v) is 5.86. The second-order valence-electron chi connectivity index (χ2n) is 11.0. The van der Waals surface area contributed by atoms with Crippen molar-refractivity contribution in [3.8, 4) is 5.75 Å². The number of nitrogens with one attached hydrogen (secondary N) is 1. The van der Waals surface area contributed by atoms with Gasteiger partial charge >= 0.3 is 0 Å². The number of nitrogens with zero attached hydrogens (tertiary/aromatic N) is 2. The number of rotatable bonds is 5. The molecule has 3 aromatic rings. The van der Waals surface area contributed by atoms with Gasteiger partial charge < -0.3 is 15.3 Å². The number of hydrogen-bond donors (Lipinski definition) is 2. The van der Waals surface area contributed by atoms with Crippen molar-refractivity contribution >= 4 is 28.3 Å². The van der Waals surface area contributed by atoms with Crippen molar-refractivity contribution < 1.29 is 9.90 Å². The minimum Gasteiger partial charge on any atom is -0.507 e. The monoisotopic (exact) mass is 447 g/mol. The molecule has 0 aliphatic rings. The molecule has 0 aliphatic heterocycles. The van der Waals surface area contributed by atoms with E-state index in [0.717, 1.165) is 39.1 Å². The van der Waals surface area contributed by atoms with Crippen molar-refractivity contribution in [1.29, 1.82) is 0 Å². The summed E-state index contributed by atoms with van der Waals surface area (Å²) >= 11 is 0. The van der Waals surface area contributed by atoms with Gasteiger partial charge in [-0.25, -0.2) is 4.98 Å². The van der Waals surface area contributed by atoms with Crippen LogP contribution >= 0.6 is 0 Å². The summed E-state index contributed by atoms with van der Waals surface area (Å²) in [6.07, 6.45) is 0.952. The van der Waals surface area contributed by atoms with Crippen LogP contribution in [0.15, 0.2) is 42.5 Å². The molecule has 5 nitrogen and oxygen atoms in total. The van der Waals surface area contributed by atoms with Crippen LogP contribution in [0.4, 0.5) is 11.5 Å². The molecule has 5 heteroatoms. The third kappa shape index (κ3) is 5.65. The van der Waals surface area contributed by atoms with Gasteiger partial charge in [-0.2, -0.15) is 0 Å². The Hall–Kier alpha value is -3.08. The van der Waals surface area contributed by atoms with E-state index >= 15 is 0 Å². The van der Waals surface area contributed by atoms with E-state index in [0.29, 0.717) is 18.6 Å². The zero-order valence-corrected chi connectivity index (χ0v) is 21.2. The highest BCUT2D eigenvalue weighted by atomic mass is 16.3. The second kappa shape index (κ2) is 9.05. The lowest BCUT2D eigenvalue weighted by atomic mass is 9.78. The van der Waals surface area contributed by atoms with E-state index in [1.807, 2.05) is 61.5 Å². The van der Waals surface area contributed by atoms with E-state index in [4.69, 9.17) is 0 Å². The SMILES string of the molecule is CN(C)c1cc(NC(=O)CCc2cc(C(C)(C)C)c(O)c(C(C)(C)C)c2)c2ccccc2n1. The molecule has 0 fully saturated rings. The van der Waals surface area contributed by atoms with Gasteiger partial charge in [-0.1, -0.05) is 71.9 Å². The standard InChI is InChI=1S/C28H37N3O2/c1-27(2,3)20-15-18(16-21(26(20)33)28(4,5)6)13-14-25(32)30-23-17-24(31(7)8)29-22-12-10-9-11-19(22)23/h9-12,15-17,33H,13-14H2,1-8H3,(H,29,30,32). The minimum atomic E-state index is -0.194. The summed E-state index contributed by atoms with van der Waals surface area (Å²) in [5.41, 5.74) is 4.13. The zero-order chi connectivity index (χ0) is 24.6. The molecule has 176 valence electrons. The predicted molar refractivity (Wildman–Crippen MR) is 139 cm³/mol. The number of amides is 1. The zero-order valence-electron chi connectivity index (χ0n) is 21.2. The molecule has 33 heavy (non-hydrogen) atoms. The van der Waals surface area contributed by atoms with Crippen LogP contribution < -0.4 is 10.2 Å². The molecule has 2 aromatic carbocycles. The summed E-state index contributed by atoms with van der Waals surface area (Å²) < 4.78 is 0. The summed E-state index contributed by atoms with van der Waals surface area (Å²) in [5, 5.41) is 15.0. The van der Waals surface area contributed by atoms with Crippen LogP contribution in [0.25, 0.3) is 10.9 Å². The number of aryl methyl sites for hydroxylation is 1. The van der Waals surface area contributed by atoms with E-state index in [1.165, 1.54) is 0 Å². The number of phenols is 1. The molecule has 0 unspecified atom stereocenters. The average molecular weight is 448 g/mol. The first kappa shape index (κ1) is 24.6. The summed E-state index contributed by atoms with van der Waals surface area (Å²) in [6.45, 7) is 12.6. The van der Waals surface area contributed by atoms with Crippen LogP contribution in [0.2, 0.25) is 0 Å². The fraction of sp³-hybridized carbons (Fsp3) is 0.429. The summed E-state index contributed by atoms with van der Waals surface area (Å²) in [4.78, 5) is 19.5. The van der Waals surface area contributed by atoms with Gasteiger partial charge in [0.2, 0.25) is 5.91 Å². The normalized spacial score (nSPS) is 12.1. The molecule has 0 atom stereocenters. The van der Waals surface area contributed by atoms with Crippen molar-refractivity contribution in [2.75, 3.05) is 24.3 Å². The van der Waals surface area contributed by atoms with E-state index in [1.54, 1.807) is 0 Å². The van der Waals surface area contributed by atoms with Gasteiger partial charge in [0.05, 0.1) is 11.2 Å². The first-order valence-corrected chi connectivity index (χ1v) is 11.5. The van der Waals surface area contributed by atoms with Crippen LogP contribution in [0.5, 0.6) is 5.75 Å². The van der Waals surface area contributed by atoms with E-state index in [-0.39, 0.29) is 16.7 Å². The molecule has 0 spiro atoms. The maximum atomic E-state index is 12.9. The number of phenolic OH excluding ortho intramolecular Hbond substituents is 1.